The Kier molecular flexibility index (Phi) is 4.97. The summed E-state index contributed by atoms with van der Waals surface area (Å²) in [4.78, 5) is 23.5. The number of hydrogen-bond donors (Lipinski definition) is 2. The van der Waals surface area contributed by atoms with Crippen LogP contribution in [0.1, 0.15) is 17.4 Å². The second-order valence-corrected chi connectivity index (χ2v) is 5.43. The Morgan fingerprint density at radius 3 is 2.74 bits per heavy atom. The van der Waals surface area contributed by atoms with Gasteiger partial charge in [-0.25, -0.2) is 9.48 Å². The number of carboxylic acid groups (broad SMARTS) is 1. The Bertz CT molecular complexity index is 733. The molecule has 2 N–H and O–H groups in total. The van der Waals surface area contributed by atoms with E-state index >= 15 is 0 Å². The molecule has 122 valence electrons. The number of carbonyl (C=O) groups is 2. The standard InChI is InChI=1S/C14H15ClN4O4/c1-14(8-23-2,13(21)22)16-12(20)10-7-19(18-17-10)11-6-4-3-5-9(11)15/h3-7H,8H2,1-2H3,(H,16,20)(H,21,22). The van der Waals surface area contributed by atoms with E-state index in [0.717, 1.165) is 0 Å². The van der Waals surface area contributed by atoms with Crippen LogP contribution in [-0.2, 0) is 9.53 Å². The number of aromatic nitrogens is 3. The number of nitrogens with one attached hydrogen (secondary N) is 1. The van der Waals surface area contributed by atoms with Gasteiger partial charge in [0.05, 0.1) is 23.5 Å². The SMILES string of the molecule is COCC(C)(NC(=O)c1cn(-c2ccccc2Cl)nn1)C(=O)O. The fraction of sp³-hybridized carbons (Fsp3) is 0.286. The zero-order chi connectivity index (χ0) is 17.0. The number of amides is 1. The first-order chi connectivity index (χ1) is 10.9. The third-order valence-electron chi connectivity index (χ3n) is 3.12. The molecule has 0 aliphatic carbocycles. The number of benzene rings is 1. The van der Waals surface area contributed by atoms with Gasteiger partial charge in [-0.1, -0.05) is 28.9 Å². The van der Waals surface area contributed by atoms with Crippen molar-refractivity contribution in [3.63, 3.8) is 0 Å². The van der Waals surface area contributed by atoms with Gasteiger partial charge in [-0.3, -0.25) is 4.79 Å². The van der Waals surface area contributed by atoms with Gasteiger partial charge >= 0.3 is 5.97 Å². The molecule has 2 aromatic rings. The monoisotopic (exact) mass is 338 g/mol. The lowest BCUT2D eigenvalue weighted by molar-refractivity contribution is -0.145. The quantitative estimate of drug-likeness (QED) is 0.818. The molecule has 0 aliphatic heterocycles. The molecule has 0 radical (unpaired) electrons. The van der Waals surface area contributed by atoms with Gasteiger partial charge < -0.3 is 15.2 Å². The fourth-order valence-electron chi connectivity index (χ4n) is 1.88. The van der Waals surface area contributed by atoms with Gasteiger partial charge in [0.25, 0.3) is 5.91 Å². The predicted molar refractivity (Wildman–Crippen MR) is 81.8 cm³/mol. The molecule has 1 atom stereocenters. The van der Waals surface area contributed by atoms with E-state index in [-0.39, 0.29) is 12.3 Å². The number of carboxylic acids is 1. The molecule has 0 spiro atoms. The molecule has 1 amide bonds. The minimum atomic E-state index is -1.57. The van der Waals surface area contributed by atoms with Crippen molar-refractivity contribution in [1.82, 2.24) is 20.3 Å². The highest BCUT2D eigenvalue weighted by Crippen LogP contribution is 2.18. The van der Waals surface area contributed by atoms with E-state index in [1.165, 1.54) is 24.9 Å². The van der Waals surface area contributed by atoms with Gasteiger partial charge in [-0.2, -0.15) is 0 Å². The van der Waals surface area contributed by atoms with Crippen LogP contribution >= 0.6 is 11.6 Å². The molecule has 0 aliphatic rings. The van der Waals surface area contributed by atoms with E-state index in [0.29, 0.717) is 10.7 Å². The molecule has 0 bridgehead atoms. The number of ether oxygens (including phenoxy) is 1. The van der Waals surface area contributed by atoms with Gasteiger partial charge in [-0.15, -0.1) is 5.10 Å². The average Bonchev–Trinajstić information content (AvgIpc) is 2.97. The average molecular weight is 339 g/mol. The molecule has 9 heteroatoms. The molecule has 0 fully saturated rings. The zero-order valence-corrected chi connectivity index (χ0v) is 13.2. The number of rotatable bonds is 6. The second kappa shape index (κ2) is 6.76. The summed E-state index contributed by atoms with van der Waals surface area (Å²) in [6.45, 7) is 1.15. The third-order valence-corrected chi connectivity index (χ3v) is 3.44. The Balaban J connectivity index is 2.22. The summed E-state index contributed by atoms with van der Waals surface area (Å²) in [5.41, 5.74) is -1.05. The first kappa shape index (κ1) is 16.9. The summed E-state index contributed by atoms with van der Waals surface area (Å²) in [6.07, 6.45) is 1.37. The van der Waals surface area contributed by atoms with Crippen molar-refractivity contribution >= 4 is 23.5 Å². The number of methoxy groups -OCH3 is 1. The van der Waals surface area contributed by atoms with E-state index in [2.05, 4.69) is 15.6 Å². The topological polar surface area (TPSA) is 106 Å². The molecule has 1 heterocycles. The van der Waals surface area contributed by atoms with Crippen LogP contribution < -0.4 is 5.32 Å². The summed E-state index contributed by atoms with van der Waals surface area (Å²) < 4.78 is 6.18. The predicted octanol–water partition coefficient (Wildman–Crippen LogP) is 1.14. The Hall–Kier alpha value is -2.45. The van der Waals surface area contributed by atoms with Crippen molar-refractivity contribution in [3.8, 4) is 5.69 Å². The maximum atomic E-state index is 12.2. The van der Waals surface area contributed by atoms with E-state index in [1.54, 1.807) is 24.3 Å². The van der Waals surface area contributed by atoms with Crippen molar-refractivity contribution < 1.29 is 19.4 Å². The number of aliphatic carboxylic acids is 1. The third kappa shape index (κ3) is 3.66. The fourth-order valence-corrected chi connectivity index (χ4v) is 2.10. The van der Waals surface area contributed by atoms with Crippen LogP contribution in [0.3, 0.4) is 0 Å². The molecule has 0 saturated carbocycles. The van der Waals surface area contributed by atoms with Crippen LogP contribution in [0.5, 0.6) is 0 Å². The molecule has 0 saturated heterocycles. The van der Waals surface area contributed by atoms with Gasteiger partial charge in [0.1, 0.15) is 0 Å². The van der Waals surface area contributed by atoms with E-state index in [1.807, 2.05) is 0 Å². The molecule has 2 rings (SSSR count). The normalized spacial score (nSPS) is 13.3. The summed E-state index contributed by atoms with van der Waals surface area (Å²) in [6, 6.07) is 6.92. The number of halogens is 1. The van der Waals surface area contributed by atoms with Crippen molar-refractivity contribution in [2.24, 2.45) is 0 Å². The molecular weight excluding hydrogens is 324 g/mol. The van der Waals surface area contributed by atoms with Crippen LogP contribution in [0.15, 0.2) is 30.5 Å². The number of carbonyl (C=O) groups excluding carboxylic acids is 1. The number of para-hydroxylation sites is 1. The zero-order valence-electron chi connectivity index (χ0n) is 12.5. The lowest BCUT2D eigenvalue weighted by Crippen LogP contribution is -2.55. The van der Waals surface area contributed by atoms with Crippen LogP contribution in [0, 0.1) is 0 Å². The van der Waals surface area contributed by atoms with Crippen molar-refractivity contribution in [2.45, 2.75) is 12.5 Å². The molecule has 1 unspecified atom stereocenters. The van der Waals surface area contributed by atoms with Gasteiger partial charge in [0.2, 0.25) is 0 Å². The number of hydrogen-bond acceptors (Lipinski definition) is 5. The van der Waals surface area contributed by atoms with Crippen LogP contribution in [0.4, 0.5) is 0 Å². The highest BCUT2D eigenvalue weighted by Gasteiger charge is 2.36. The highest BCUT2D eigenvalue weighted by molar-refractivity contribution is 6.32. The van der Waals surface area contributed by atoms with Crippen LogP contribution in [-0.4, -0.2) is 51.2 Å². The summed E-state index contributed by atoms with van der Waals surface area (Å²) in [5, 5.41) is 19.6. The van der Waals surface area contributed by atoms with Crippen LogP contribution in [0.2, 0.25) is 5.02 Å². The molecule has 23 heavy (non-hydrogen) atoms. The Morgan fingerprint density at radius 2 is 2.13 bits per heavy atom. The van der Waals surface area contributed by atoms with Crippen molar-refractivity contribution in [2.75, 3.05) is 13.7 Å². The second-order valence-electron chi connectivity index (χ2n) is 5.02. The van der Waals surface area contributed by atoms with E-state index < -0.39 is 17.4 Å². The number of nitrogens with zero attached hydrogens (tertiary/aromatic N) is 3. The Morgan fingerprint density at radius 1 is 1.43 bits per heavy atom. The molecule has 1 aromatic carbocycles. The van der Waals surface area contributed by atoms with Crippen LogP contribution in [0.25, 0.3) is 5.69 Å². The van der Waals surface area contributed by atoms with E-state index in [9.17, 15) is 14.7 Å². The van der Waals surface area contributed by atoms with Gasteiger partial charge in [-0.05, 0) is 19.1 Å². The highest BCUT2D eigenvalue weighted by atomic mass is 35.5. The van der Waals surface area contributed by atoms with Crippen molar-refractivity contribution in [3.05, 3.63) is 41.2 Å². The molecular formula is C14H15ClN4O4. The lowest BCUT2D eigenvalue weighted by Gasteiger charge is -2.24. The summed E-state index contributed by atoms with van der Waals surface area (Å²) >= 11 is 6.05. The maximum absolute atomic E-state index is 12.2. The first-order valence-corrected chi connectivity index (χ1v) is 6.97. The lowest BCUT2D eigenvalue weighted by atomic mass is 10.0. The maximum Gasteiger partial charge on any atom is 0.331 e. The minimum Gasteiger partial charge on any atom is -0.479 e. The molecule has 8 nitrogen and oxygen atoms in total. The Labute approximate surface area is 137 Å². The largest absolute Gasteiger partial charge is 0.479 e. The van der Waals surface area contributed by atoms with Crippen molar-refractivity contribution in [1.29, 1.82) is 0 Å². The van der Waals surface area contributed by atoms with E-state index in [4.69, 9.17) is 16.3 Å². The summed E-state index contributed by atoms with van der Waals surface area (Å²) in [5.74, 6) is -1.89. The summed E-state index contributed by atoms with van der Waals surface area (Å²) in [7, 11) is 1.35. The van der Waals surface area contributed by atoms with Gasteiger partial charge in [0.15, 0.2) is 11.2 Å². The van der Waals surface area contributed by atoms with Gasteiger partial charge in [0, 0.05) is 7.11 Å². The first-order valence-electron chi connectivity index (χ1n) is 6.59. The minimum absolute atomic E-state index is 0.0338. The molecule has 1 aromatic heterocycles. The smallest absolute Gasteiger partial charge is 0.331 e.